The van der Waals surface area contributed by atoms with E-state index in [-0.39, 0.29) is 12.5 Å². The van der Waals surface area contributed by atoms with Gasteiger partial charge in [0.1, 0.15) is 18.4 Å². The van der Waals surface area contributed by atoms with E-state index in [2.05, 4.69) is 17.6 Å². The first-order chi connectivity index (χ1) is 20.8. The summed E-state index contributed by atoms with van der Waals surface area (Å²) in [5, 5.41) is 12.6. The van der Waals surface area contributed by atoms with Crippen LogP contribution >= 0.6 is 35.0 Å². The molecule has 0 saturated heterocycles. The second-order valence-electron chi connectivity index (χ2n) is 9.68. The number of methoxy groups -OCH3 is 2. The summed E-state index contributed by atoms with van der Waals surface area (Å²) in [6.07, 6.45) is 0.982. The molecule has 3 aromatic carbocycles. The number of nitrogens with one attached hydrogen (secondary N) is 2. The third-order valence-electron chi connectivity index (χ3n) is 6.75. The van der Waals surface area contributed by atoms with Gasteiger partial charge in [-0.1, -0.05) is 66.2 Å². The molecular formula is C31H31Cl2N5O4S. The van der Waals surface area contributed by atoms with Gasteiger partial charge >= 0.3 is 0 Å². The fourth-order valence-corrected chi connectivity index (χ4v) is 5.69. The van der Waals surface area contributed by atoms with Crippen LogP contribution in [0.15, 0.2) is 77.1 Å². The molecule has 4 aromatic rings. The molecule has 1 aliphatic rings. The number of benzene rings is 3. The van der Waals surface area contributed by atoms with Crippen LogP contribution in [-0.4, -0.2) is 40.6 Å². The lowest BCUT2D eigenvalue weighted by Gasteiger charge is -2.29. The normalized spacial score (nSPS) is 14.1. The minimum atomic E-state index is -0.604. The Morgan fingerprint density at radius 1 is 1.02 bits per heavy atom. The van der Waals surface area contributed by atoms with Gasteiger partial charge in [-0.15, -0.1) is 5.10 Å². The summed E-state index contributed by atoms with van der Waals surface area (Å²) < 4.78 is 19.0. The number of hydrogen-bond donors (Lipinski definition) is 2. The first-order valence-corrected chi connectivity index (χ1v) is 15.3. The second-order valence-corrected chi connectivity index (χ2v) is 11.6. The fourth-order valence-electron chi connectivity index (χ4n) is 4.69. The molecule has 12 heteroatoms. The first kappa shape index (κ1) is 30.6. The number of ether oxygens (including phenoxy) is 3. The van der Waals surface area contributed by atoms with E-state index >= 15 is 0 Å². The van der Waals surface area contributed by atoms with Crippen molar-refractivity contribution in [1.82, 2.24) is 14.8 Å². The Kier molecular flexibility index (Phi) is 9.69. The standard InChI is InChI=1S/C31H31Cl2N5O4S/c1-5-14-43-31-36-30-34-18(2)27(29(39)35-23-8-6-7-9-24(23)40-3)28(38(30)37-31)20-11-13-25(26(16-20)41-4)42-17-19-10-12-21(32)22(33)15-19/h6-13,15-16,28H,5,14,17H2,1-4H3,(H,35,39)(H,34,36,37). The minimum Gasteiger partial charge on any atom is -0.495 e. The van der Waals surface area contributed by atoms with Gasteiger partial charge in [0.05, 0.1) is 35.5 Å². The maximum absolute atomic E-state index is 13.9. The van der Waals surface area contributed by atoms with Crippen LogP contribution < -0.4 is 24.8 Å². The summed E-state index contributed by atoms with van der Waals surface area (Å²) in [6.45, 7) is 4.22. The molecule has 2 N–H and O–H groups in total. The van der Waals surface area contributed by atoms with Gasteiger partial charge in [0.2, 0.25) is 11.1 Å². The van der Waals surface area contributed by atoms with Gasteiger partial charge in [-0.3, -0.25) is 4.79 Å². The first-order valence-electron chi connectivity index (χ1n) is 13.6. The Balaban J connectivity index is 1.51. The zero-order valence-corrected chi connectivity index (χ0v) is 26.4. The Hall–Kier alpha value is -3.86. The van der Waals surface area contributed by atoms with Crippen LogP contribution in [0.1, 0.15) is 37.4 Å². The lowest BCUT2D eigenvalue weighted by molar-refractivity contribution is -0.113. The van der Waals surface area contributed by atoms with Crippen LogP contribution in [0.25, 0.3) is 0 Å². The molecular weight excluding hydrogens is 609 g/mol. The molecule has 0 bridgehead atoms. The van der Waals surface area contributed by atoms with Crippen molar-refractivity contribution in [3.63, 3.8) is 0 Å². The highest BCUT2D eigenvalue weighted by Gasteiger charge is 2.35. The molecule has 1 atom stereocenters. The van der Waals surface area contributed by atoms with Gasteiger partial charge in [-0.25, -0.2) is 4.68 Å². The van der Waals surface area contributed by atoms with Gasteiger partial charge < -0.3 is 24.8 Å². The van der Waals surface area contributed by atoms with E-state index < -0.39 is 6.04 Å². The van der Waals surface area contributed by atoms with Crippen LogP contribution in [0.2, 0.25) is 10.0 Å². The van der Waals surface area contributed by atoms with Crippen molar-refractivity contribution in [3.8, 4) is 17.2 Å². The number of allylic oxidation sites excluding steroid dienone is 1. The Morgan fingerprint density at radius 2 is 1.81 bits per heavy atom. The number of thioether (sulfide) groups is 1. The van der Waals surface area contributed by atoms with Crippen molar-refractivity contribution in [2.45, 2.75) is 38.1 Å². The molecule has 5 rings (SSSR count). The summed E-state index contributed by atoms with van der Waals surface area (Å²) in [5.41, 5.74) is 3.31. The maximum atomic E-state index is 13.9. The summed E-state index contributed by atoms with van der Waals surface area (Å²) in [4.78, 5) is 18.6. The van der Waals surface area contributed by atoms with Crippen LogP contribution in [0.5, 0.6) is 17.2 Å². The van der Waals surface area contributed by atoms with Gasteiger partial charge in [0.15, 0.2) is 11.5 Å². The number of carbonyl (C=O) groups is 1. The number of fused-ring (bicyclic) bond motifs is 1. The lowest BCUT2D eigenvalue weighted by Crippen LogP contribution is -2.31. The van der Waals surface area contributed by atoms with Gasteiger partial charge in [-0.2, -0.15) is 4.98 Å². The van der Waals surface area contributed by atoms with Gasteiger partial charge in [0, 0.05) is 11.4 Å². The van der Waals surface area contributed by atoms with Crippen LogP contribution in [0.3, 0.4) is 0 Å². The molecule has 0 fully saturated rings. The molecule has 2 heterocycles. The molecule has 0 saturated carbocycles. The van der Waals surface area contributed by atoms with Crippen molar-refractivity contribution in [2.75, 3.05) is 30.6 Å². The Labute approximate surface area is 264 Å². The summed E-state index contributed by atoms with van der Waals surface area (Å²) >= 11 is 13.8. The highest BCUT2D eigenvalue weighted by molar-refractivity contribution is 7.99. The van der Waals surface area contributed by atoms with Crippen molar-refractivity contribution in [2.24, 2.45) is 0 Å². The van der Waals surface area contributed by atoms with E-state index in [1.165, 1.54) is 0 Å². The number of nitrogens with zero attached hydrogens (tertiary/aromatic N) is 3. The predicted octanol–water partition coefficient (Wildman–Crippen LogP) is 7.61. The monoisotopic (exact) mass is 639 g/mol. The SMILES string of the molecule is CCCSc1nc2n(n1)C(c1ccc(OCc3ccc(Cl)c(Cl)c3)c(OC)c1)C(C(=O)Nc1ccccc1OC)=C(C)N2. The molecule has 1 amide bonds. The highest BCUT2D eigenvalue weighted by atomic mass is 35.5. The van der Waals surface area contributed by atoms with E-state index in [0.717, 1.165) is 23.3 Å². The number of aromatic nitrogens is 3. The van der Waals surface area contributed by atoms with E-state index in [1.807, 2.05) is 43.3 Å². The van der Waals surface area contributed by atoms with E-state index in [1.54, 1.807) is 54.9 Å². The number of carbonyl (C=O) groups excluding carboxylic acids is 1. The zero-order chi connectivity index (χ0) is 30.5. The van der Waals surface area contributed by atoms with Gasteiger partial charge in [-0.05, 0) is 60.9 Å². The third-order valence-corrected chi connectivity index (χ3v) is 8.53. The molecule has 1 unspecified atom stereocenters. The predicted molar refractivity (Wildman–Crippen MR) is 171 cm³/mol. The van der Waals surface area contributed by atoms with Crippen molar-refractivity contribution in [3.05, 3.63) is 93.1 Å². The largest absolute Gasteiger partial charge is 0.495 e. The quantitative estimate of drug-likeness (QED) is 0.162. The van der Waals surface area contributed by atoms with Crippen molar-refractivity contribution >= 4 is 52.5 Å². The number of anilines is 2. The zero-order valence-electron chi connectivity index (χ0n) is 24.1. The van der Waals surface area contributed by atoms with Crippen LogP contribution in [-0.2, 0) is 11.4 Å². The fraction of sp³-hybridized carbons (Fsp3) is 0.258. The average molecular weight is 641 g/mol. The molecule has 0 aliphatic carbocycles. The molecule has 43 heavy (non-hydrogen) atoms. The topological polar surface area (TPSA) is 99.5 Å². The second kappa shape index (κ2) is 13.6. The van der Waals surface area contributed by atoms with Crippen molar-refractivity contribution in [1.29, 1.82) is 0 Å². The summed E-state index contributed by atoms with van der Waals surface area (Å²) in [7, 11) is 3.14. The molecule has 9 nitrogen and oxygen atoms in total. The maximum Gasteiger partial charge on any atom is 0.255 e. The van der Waals surface area contributed by atoms with E-state index in [0.29, 0.717) is 55.4 Å². The van der Waals surface area contributed by atoms with Gasteiger partial charge in [0.25, 0.3) is 5.91 Å². The smallest absolute Gasteiger partial charge is 0.255 e. The summed E-state index contributed by atoms with van der Waals surface area (Å²) in [5.74, 6) is 2.71. The molecule has 0 radical (unpaired) electrons. The number of para-hydroxylation sites is 2. The number of amides is 1. The van der Waals surface area contributed by atoms with E-state index in [9.17, 15) is 4.79 Å². The minimum absolute atomic E-state index is 0.261. The highest BCUT2D eigenvalue weighted by Crippen LogP contribution is 2.40. The molecule has 0 spiro atoms. The number of rotatable bonds is 11. The van der Waals surface area contributed by atoms with Crippen LogP contribution in [0, 0.1) is 0 Å². The number of hydrogen-bond acceptors (Lipinski definition) is 8. The average Bonchev–Trinajstić information content (AvgIpc) is 3.42. The summed E-state index contributed by atoms with van der Waals surface area (Å²) in [6, 6.07) is 17.6. The van der Waals surface area contributed by atoms with Crippen molar-refractivity contribution < 1.29 is 19.0 Å². The van der Waals surface area contributed by atoms with Crippen LogP contribution in [0.4, 0.5) is 11.6 Å². The van der Waals surface area contributed by atoms with E-state index in [4.69, 9.17) is 47.5 Å². The number of halogens is 2. The third kappa shape index (κ3) is 6.71. The lowest BCUT2D eigenvalue weighted by atomic mass is 9.94. The Morgan fingerprint density at radius 3 is 2.56 bits per heavy atom. The molecule has 1 aromatic heterocycles. The molecule has 224 valence electrons. The Bertz CT molecular complexity index is 1680. The molecule has 1 aliphatic heterocycles.